The first-order chi connectivity index (χ1) is 12.0. The number of nitrogens with zero attached hydrogens (tertiary/aromatic N) is 2. The van der Waals surface area contributed by atoms with Crippen LogP contribution in [-0.2, 0) is 19.7 Å². The molecular weight excluding hydrogens is 380 g/mol. The van der Waals surface area contributed by atoms with Gasteiger partial charge in [0.05, 0.1) is 10.6 Å². The van der Waals surface area contributed by atoms with E-state index in [2.05, 4.69) is 4.98 Å². The zero-order chi connectivity index (χ0) is 19.3. The van der Waals surface area contributed by atoms with Gasteiger partial charge >= 0.3 is 0 Å². The molecule has 3 aromatic rings. The van der Waals surface area contributed by atoms with Crippen molar-refractivity contribution in [2.75, 3.05) is 12.0 Å². The van der Waals surface area contributed by atoms with Crippen LogP contribution >= 0.6 is 0 Å². The van der Waals surface area contributed by atoms with E-state index in [1.165, 1.54) is 37.4 Å². The maximum atomic E-state index is 12.4. The van der Waals surface area contributed by atoms with Gasteiger partial charge in [-0.2, -0.15) is 4.73 Å². The van der Waals surface area contributed by atoms with E-state index in [4.69, 9.17) is 4.42 Å². The summed E-state index contributed by atoms with van der Waals surface area (Å²) < 4.78 is 54.1. The number of benzene rings is 1. The summed E-state index contributed by atoms with van der Waals surface area (Å²) >= 11 is 0. The Bertz CT molecular complexity index is 1230. The number of hydrogen-bond acceptors (Lipinski definition) is 7. The summed E-state index contributed by atoms with van der Waals surface area (Å²) in [6.07, 6.45) is 2.29. The highest BCUT2D eigenvalue weighted by atomic mass is 32.2. The molecule has 0 bridgehead atoms. The summed E-state index contributed by atoms with van der Waals surface area (Å²) in [4.78, 5) is 4.01. The highest BCUT2D eigenvalue weighted by Gasteiger charge is 2.29. The Morgan fingerprint density at radius 3 is 2.50 bits per heavy atom. The molecule has 138 valence electrons. The van der Waals surface area contributed by atoms with Gasteiger partial charge in [-0.1, -0.05) is 6.92 Å². The van der Waals surface area contributed by atoms with Gasteiger partial charge in [-0.25, -0.2) is 21.8 Å². The van der Waals surface area contributed by atoms with Crippen molar-refractivity contribution in [3.63, 3.8) is 0 Å². The lowest BCUT2D eigenvalue weighted by Gasteiger charge is -2.08. The molecule has 0 aliphatic heterocycles. The predicted octanol–water partition coefficient (Wildman–Crippen LogP) is 1.63. The van der Waals surface area contributed by atoms with E-state index in [0.29, 0.717) is 10.3 Å². The van der Waals surface area contributed by atoms with Crippen LogP contribution in [0.4, 0.5) is 0 Å². The predicted molar refractivity (Wildman–Crippen MR) is 94.0 cm³/mol. The largest absolute Gasteiger partial charge is 0.618 e. The van der Waals surface area contributed by atoms with Gasteiger partial charge in [0, 0.05) is 11.8 Å². The summed E-state index contributed by atoms with van der Waals surface area (Å²) in [7, 11) is -7.15. The molecule has 0 unspecified atom stereocenters. The van der Waals surface area contributed by atoms with Crippen molar-refractivity contribution >= 4 is 30.8 Å². The minimum atomic E-state index is -3.71. The van der Waals surface area contributed by atoms with Gasteiger partial charge in [-0.05, 0) is 31.2 Å². The van der Waals surface area contributed by atoms with Crippen molar-refractivity contribution in [1.82, 2.24) is 4.98 Å². The second kappa shape index (κ2) is 6.06. The fourth-order valence-electron chi connectivity index (χ4n) is 2.50. The smallest absolute Gasteiger partial charge is 0.298 e. The lowest BCUT2D eigenvalue weighted by molar-refractivity contribution is -0.596. The average Bonchev–Trinajstić information content (AvgIpc) is 2.95. The van der Waals surface area contributed by atoms with Crippen molar-refractivity contribution in [2.45, 2.75) is 23.6 Å². The Kier molecular flexibility index (Phi) is 4.27. The summed E-state index contributed by atoms with van der Waals surface area (Å²) in [6.45, 7) is 3.08. The molecule has 10 heteroatoms. The first kappa shape index (κ1) is 18.3. The molecule has 2 heterocycles. The van der Waals surface area contributed by atoms with Crippen molar-refractivity contribution in [2.24, 2.45) is 0 Å². The molecule has 0 atom stereocenters. The third kappa shape index (κ3) is 3.17. The molecule has 0 spiro atoms. The summed E-state index contributed by atoms with van der Waals surface area (Å²) in [5.74, 6) is -0.380. The van der Waals surface area contributed by atoms with E-state index in [0.717, 1.165) is 6.26 Å². The highest BCUT2D eigenvalue weighted by molar-refractivity contribution is 7.91. The number of rotatable bonds is 4. The monoisotopic (exact) mass is 396 g/mol. The second-order valence-corrected chi connectivity index (χ2v) is 10.1. The van der Waals surface area contributed by atoms with E-state index < -0.39 is 19.7 Å². The molecule has 0 aliphatic carbocycles. The van der Waals surface area contributed by atoms with E-state index in [1.54, 1.807) is 6.92 Å². The van der Waals surface area contributed by atoms with Gasteiger partial charge in [-0.15, -0.1) is 0 Å². The van der Waals surface area contributed by atoms with E-state index in [1.807, 2.05) is 0 Å². The normalized spacial score (nSPS) is 12.6. The van der Waals surface area contributed by atoms with Crippen LogP contribution in [0, 0.1) is 12.1 Å². The Labute approximate surface area is 150 Å². The standard InChI is InChI=1S/C16H16N2O6S2/c1-4-26(22,23)14-7-10(2)9-18(19)15(14)16-17-12-8-11(25(3,20)21)5-6-13(12)24-16/h5-9H,4H2,1-3H3. The van der Waals surface area contributed by atoms with Gasteiger partial charge in [0.25, 0.3) is 11.6 Å². The van der Waals surface area contributed by atoms with Crippen LogP contribution in [0.3, 0.4) is 0 Å². The maximum Gasteiger partial charge on any atom is 0.298 e. The van der Waals surface area contributed by atoms with Gasteiger partial charge in [0.2, 0.25) is 0 Å². The first-order valence-corrected chi connectivity index (χ1v) is 11.1. The SMILES string of the molecule is CCS(=O)(=O)c1cc(C)c[n+]([O-])c1-c1nc2cc(S(C)(=O)=O)ccc2o1. The van der Waals surface area contributed by atoms with Crippen molar-refractivity contribution in [3.8, 4) is 11.6 Å². The maximum absolute atomic E-state index is 12.4. The number of aryl methyl sites for hydroxylation is 1. The van der Waals surface area contributed by atoms with Gasteiger partial charge in [0.1, 0.15) is 10.4 Å². The lowest BCUT2D eigenvalue weighted by atomic mass is 10.2. The molecule has 2 aromatic heterocycles. The van der Waals surface area contributed by atoms with Gasteiger partial charge < -0.3 is 9.62 Å². The average molecular weight is 396 g/mol. The number of hydrogen-bond donors (Lipinski definition) is 0. The lowest BCUT2D eigenvalue weighted by Crippen LogP contribution is -2.32. The highest BCUT2D eigenvalue weighted by Crippen LogP contribution is 2.29. The van der Waals surface area contributed by atoms with E-state index in [9.17, 15) is 22.0 Å². The molecule has 0 aliphatic rings. The third-order valence-corrected chi connectivity index (χ3v) is 6.69. The van der Waals surface area contributed by atoms with Crippen LogP contribution in [0.5, 0.6) is 0 Å². The van der Waals surface area contributed by atoms with E-state index >= 15 is 0 Å². The topological polar surface area (TPSA) is 121 Å². The fraction of sp³-hybridized carbons (Fsp3) is 0.250. The molecule has 8 nitrogen and oxygen atoms in total. The summed E-state index contributed by atoms with van der Waals surface area (Å²) in [5.41, 5.74) is 0.706. The molecule has 0 radical (unpaired) electrons. The van der Waals surface area contributed by atoms with Crippen LogP contribution < -0.4 is 4.73 Å². The second-order valence-electron chi connectivity index (χ2n) is 5.88. The van der Waals surface area contributed by atoms with Crippen molar-refractivity contribution in [1.29, 1.82) is 0 Å². The van der Waals surface area contributed by atoms with Gasteiger partial charge in [-0.3, -0.25) is 0 Å². The molecule has 0 saturated carbocycles. The zero-order valence-corrected chi connectivity index (χ0v) is 15.9. The number of pyridine rings is 1. The number of aromatic nitrogens is 2. The number of fused-ring (bicyclic) bond motifs is 1. The minimum absolute atomic E-state index is 0.0464. The van der Waals surface area contributed by atoms with Crippen LogP contribution in [0.25, 0.3) is 22.7 Å². The molecule has 1 aromatic carbocycles. The fourth-order valence-corrected chi connectivity index (χ4v) is 4.29. The molecule has 0 N–H and O–H groups in total. The number of oxazole rings is 1. The Balaban J connectivity index is 2.31. The molecule has 3 rings (SSSR count). The van der Waals surface area contributed by atoms with Crippen molar-refractivity contribution < 1.29 is 26.0 Å². The molecule has 0 fully saturated rings. The molecule has 26 heavy (non-hydrogen) atoms. The number of sulfone groups is 2. The third-order valence-electron chi connectivity index (χ3n) is 3.84. The van der Waals surface area contributed by atoms with Crippen molar-refractivity contribution in [3.05, 3.63) is 41.2 Å². The molecule has 0 amide bonds. The molecule has 0 saturated heterocycles. The quantitative estimate of drug-likeness (QED) is 0.485. The minimum Gasteiger partial charge on any atom is -0.618 e. The summed E-state index contributed by atoms with van der Waals surface area (Å²) in [5, 5.41) is 12.4. The van der Waals surface area contributed by atoms with Crippen LogP contribution in [0.2, 0.25) is 0 Å². The Morgan fingerprint density at radius 2 is 1.88 bits per heavy atom. The Hall–Kier alpha value is -2.46. The van der Waals surface area contributed by atoms with Crippen LogP contribution in [0.1, 0.15) is 12.5 Å². The van der Waals surface area contributed by atoms with Crippen LogP contribution in [-0.4, -0.2) is 33.8 Å². The first-order valence-electron chi connectivity index (χ1n) is 7.60. The Morgan fingerprint density at radius 1 is 1.19 bits per heavy atom. The van der Waals surface area contributed by atoms with Gasteiger partial charge in [0.15, 0.2) is 31.5 Å². The molecular formula is C16H16N2O6S2. The summed E-state index contributed by atoms with van der Waals surface area (Å²) in [6, 6.07) is 5.48. The van der Waals surface area contributed by atoms with E-state index in [-0.39, 0.29) is 38.2 Å². The van der Waals surface area contributed by atoms with Crippen LogP contribution in [0.15, 0.2) is 44.7 Å². The zero-order valence-electron chi connectivity index (χ0n) is 14.3.